The minimum atomic E-state index is -0.415. The molecule has 0 amide bonds. The molecule has 1 aromatic carbocycles. The zero-order valence-electron chi connectivity index (χ0n) is 16.4. The standard InChI is InChI=1S/C19H31N3O3.HI/c1-6-20-19(21-11-7-8-14(2)3)22-13-15-9-10-17(24-4)16(12-15)18(23)25-5;/h9-10,12,14H,6-8,11,13H2,1-5H3,(H2,20,21,22);1H. The molecule has 0 saturated heterocycles. The summed E-state index contributed by atoms with van der Waals surface area (Å²) in [6.45, 7) is 8.64. The molecule has 0 fully saturated rings. The summed E-state index contributed by atoms with van der Waals surface area (Å²) < 4.78 is 10.0. The Kier molecular flexibility index (Phi) is 12.9. The summed E-state index contributed by atoms with van der Waals surface area (Å²) in [7, 11) is 2.89. The van der Waals surface area contributed by atoms with Crippen molar-refractivity contribution in [3.8, 4) is 5.75 Å². The summed E-state index contributed by atoms with van der Waals surface area (Å²) in [6, 6.07) is 5.42. The summed E-state index contributed by atoms with van der Waals surface area (Å²) in [5, 5.41) is 6.57. The minimum Gasteiger partial charge on any atom is -0.496 e. The van der Waals surface area contributed by atoms with E-state index in [0.717, 1.165) is 31.0 Å². The Morgan fingerprint density at radius 3 is 2.54 bits per heavy atom. The number of nitrogens with zero attached hydrogens (tertiary/aromatic N) is 1. The van der Waals surface area contributed by atoms with E-state index < -0.39 is 5.97 Å². The van der Waals surface area contributed by atoms with Crippen LogP contribution in [0.3, 0.4) is 0 Å². The topological polar surface area (TPSA) is 72.0 Å². The molecular weight excluding hydrogens is 445 g/mol. The van der Waals surface area contributed by atoms with Crippen molar-refractivity contribution in [2.75, 3.05) is 27.3 Å². The van der Waals surface area contributed by atoms with E-state index in [-0.39, 0.29) is 24.0 Å². The van der Waals surface area contributed by atoms with E-state index in [4.69, 9.17) is 9.47 Å². The van der Waals surface area contributed by atoms with Crippen LogP contribution in [0.4, 0.5) is 0 Å². The number of carbonyl (C=O) groups excluding carboxylic acids is 1. The molecule has 0 saturated carbocycles. The Morgan fingerprint density at radius 1 is 1.23 bits per heavy atom. The van der Waals surface area contributed by atoms with Gasteiger partial charge in [-0.05, 0) is 43.4 Å². The fraction of sp³-hybridized carbons (Fsp3) is 0.579. The number of guanidine groups is 1. The molecule has 0 spiro atoms. The molecule has 1 rings (SSSR count). The summed E-state index contributed by atoms with van der Waals surface area (Å²) >= 11 is 0. The van der Waals surface area contributed by atoms with E-state index in [9.17, 15) is 4.79 Å². The van der Waals surface area contributed by atoms with Crippen LogP contribution in [0.1, 0.15) is 49.5 Å². The number of carbonyl (C=O) groups is 1. The summed E-state index contributed by atoms with van der Waals surface area (Å²) in [5.41, 5.74) is 1.33. The molecule has 0 heterocycles. The van der Waals surface area contributed by atoms with Gasteiger partial charge in [-0.1, -0.05) is 19.9 Å². The number of halogens is 1. The molecule has 0 aliphatic heterocycles. The Bertz CT molecular complexity index is 577. The lowest BCUT2D eigenvalue weighted by Crippen LogP contribution is -2.37. The Labute approximate surface area is 174 Å². The lowest BCUT2D eigenvalue weighted by molar-refractivity contribution is 0.0597. The number of nitrogens with one attached hydrogen (secondary N) is 2. The second-order valence-corrected chi connectivity index (χ2v) is 6.18. The van der Waals surface area contributed by atoms with Crippen LogP contribution in [0, 0.1) is 5.92 Å². The van der Waals surface area contributed by atoms with Crippen LogP contribution in [-0.2, 0) is 11.3 Å². The van der Waals surface area contributed by atoms with E-state index in [2.05, 4.69) is 29.5 Å². The largest absolute Gasteiger partial charge is 0.496 e. The van der Waals surface area contributed by atoms with Crippen LogP contribution in [0.2, 0.25) is 0 Å². The smallest absolute Gasteiger partial charge is 0.341 e. The van der Waals surface area contributed by atoms with Crippen molar-refractivity contribution in [1.82, 2.24) is 10.6 Å². The van der Waals surface area contributed by atoms with E-state index in [1.807, 2.05) is 13.0 Å². The Hall–Kier alpha value is -1.51. The monoisotopic (exact) mass is 477 g/mol. The molecule has 0 aromatic heterocycles. The number of ether oxygens (including phenoxy) is 2. The molecule has 0 atom stereocenters. The number of aliphatic imine (C=N–C) groups is 1. The Balaban J connectivity index is 0.00000625. The first kappa shape index (κ1) is 24.5. The summed E-state index contributed by atoms with van der Waals surface area (Å²) in [5.74, 6) is 1.57. The fourth-order valence-electron chi connectivity index (χ4n) is 2.35. The van der Waals surface area contributed by atoms with Crippen molar-refractivity contribution in [2.45, 2.75) is 40.2 Å². The normalized spacial score (nSPS) is 10.9. The highest BCUT2D eigenvalue weighted by molar-refractivity contribution is 14.0. The summed E-state index contributed by atoms with van der Waals surface area (Å²) in [6.07, 6.45) is 2.30. The van der Waals surface area contributed by atoms with Gasteiger partial charge in [-0.25, -0.2) is 9.79 Å². The number of rotatable bonds is 9. The van der Waals surface area contributed by atoms with Gasteiger partial charge >= 0.3 is 5.97 Å². The number of methoxy groups -OCH3 is 2. The van der Waals surface area contributed by atoms with Crippen molar-refractivity contribution in [3.63, 3.8) is 0 Å². The molecule has 6 nitrogen and oxygen atoms in total. The lowest BCUT2D eigenvalue weighted by atomic mass is 10.1. The van der Waals surface area contributed by atoms with E-state index in [1.165, 1.54) is 20.6 Å². The highest BCUT2D eigenvalue weighted by Gasteiger charge is 2.13. The van der Waals surface area contributed by atoms with Gasteiger partial charge < -0.3 is 20.1 Å². The van der Waals surface area contributed by atoms with Gasteiger partial charge in [-0.2, -0.15) is 0 Å². The van der Waals surface area contributed by atoms with Gasteiger partial charge in [-0.3, -0.25) is 0 Å². The number of benzene rings is 1. The predicted molar refractivity (Wildman–Crippen MR) is 117 cm³/mol. The first-order valence-corrected chi connectivity index (χ1v) is 8.79. The molecule has 0 aliphatic rings. The number of hydrogen-bond donors (Lipinski definition) is 2. The molecule has 0 unspecified atom stereocenters. The highest BCUT2D eigenvalue weighted by Crippen LogP contribution is 2.21. The van der Waals surface area contributed by atoms with E-state index in [1.54, 1.807) is 12.1 Å². The zero-order valence-corrected chi connectivity index (χ0v) is 18.8. The van der Waals surface area contributed by atoms with Crippen molar-refractivity contribution in [2.24, 2.45) is 10.9 Å². The quantitative estimate of drug-likeness (QED) is 0.187. The molecule has 0 radical (unpaired) electrons. The molecule has 2 N–H and O–H groups in total. The van der Waals surface area contributed by atoms with Crippen molar-refractivity contribution in [3.05, 3.63) is 29.3 Å². The number of esters is 1. The average molecular weight is 477 g/mol. The SMILES string of the molecule is CCNC(=NCc1ccc(OC)c(C(=O)OC)c1)NCCCC(C)C.I. The second kappa shape index (κ2) is 13.7. The third kappa shape index (κ3) is 8.73. The van der Waals surface area contributed by atoms with E-state index >= 15 is 0 Å². The van der Waals surface area contributed by atoms with Gasteiger partial charge in [0.25, 0.3) is 0 Å². The maximum absolute atomic E-state index is 11.9. The average Bonchev–Trinajstić information content (AvgIpc) is 2.61. The van der Waals surface area contributed by atoms with Crippen LogP contribution in [-0.4, -0.2) is 39.2 Å². The molecule has 7 heteroatoms. The number of hydrogen-bond acceptors (Lipinski definition) is 4. The molecule has 0 aliphatic carbocycles. The molecule has 0 bridgehead atoms. The van der Waals surface area contributed by atoms with Crippen LogP contribution >= 0.6 is 24.0 Å². The van der Waals surface area contributed by atoms with Gasteiger partial charge in [0.15, 0.2) is 5.96 Å². The lowest BCUT2D eigenvalue weighted by Gasteiger charge is -2.12. The van der Waals surface area contributed by atoms with Crippen molar-refractivity contribution >= 4 is 35.9 Å². The zero-order chi connectivity index (χ0) is 18.7. The van der Waals surface area contributed by atoms with Crippen LogP contribution < -0.4 is 15.4 Å². The molecular formula is C19H32IN3O3. The van der Waals surface area contributed by atoms with Gasteiger partial charge in [-0.15, -0.1) is 24.0 Å². The first-order chi connectivity index (χ1) is 12.0. The molecule has 148 valence electrons. The Morgan fingerprint density at radius 2 is 1.96 bits per heavy atom. The van der Waals surface area contributed by atoms with Gasteiger partial charge in [0.05, 0.1) is 20.8 Å². The van der Waals surface area contributed by atoms with E-state index in [0.29, 0.717) is 23.8 Å². The minimum absolute atomic E-state index is 0. The fourth-order valence-corrected chi connectivity index (χ4v) is 2.35. The third-order valence-corrected chi connectivity index (χ3v) is 3.68. The summed E-state index contributed by atoms with van der Waals surface area (Å²) in [4.78, 5) is 16.4. The van der Waals surface area contributed by atoms with Crippen molar-refractivity contribution in [1.29, 1.82) is 0 Å². The van der Waals surface area contributed by atoms with Crippen LogP contribution in [0.5, 0.6) is 5.75 Å². The first-order valence-electron chi connectivity index (χ1n) is 8.79. The van der Waals surface area contributed by atoms with Crippen molar-refractivity contribution < 1.29 is 14.3 Å². The third-order valence-electron chi connectivity index (χ3n) is 3.68. The molecule has 26 heavy (non-hydrogen) atoms. The van der Waals surface area contributed by atoms with Gasteiger partial charge in [0, 0.05) is 13.1 Å². The maximum Gasteiger partial charge on any atom is 0.341 e. The molecule has 1 aromatic rings. The second-order valence-electron chi connectivity index (χ2n) is 6.18. The van der Waals surface area contributed by atoms with Gasteiger partial charge in [0.1, 0.15) is 11.3 Å². The predicted octanol–water partition coefficient (Wildman–Crippen LogP) is 3.59. The van der Waals surface area contributed by atoms with Gasteiger partial charge in [0.2, 0.25) is 0 Å². The van der Waals surface area contributed by atoms with Crippen LogP contribution in [0.25, 0.3) is 0 Å². The maximum atomic E-state index is 11.9. The highest BCUT2D eigenvalue weighted by atomic mass is 127. The van der Waals surface area contributed by atoms with Crippen LogP contribution in [0.15, 0.2) is 23.2 Å².